The van der Waals surface area contributed by atoms with Gasteiger partial charge >= 0.3 is 0 Å². The maximum atomic E-state index is 6.11. The van der Waals surface area contributed by atoms with E-state index in [1.807, 2.05) is 36.4 Å². The number of fused-ring (bicyclic) bond motifs is 2. The molecule has 3 aromatic heterocycles. The van der Waals surface area contributed by atoms with Crippen LogP contribution in [0.25, 0.3) is 21.9 Å². The first-order chi connectivity index (χ1) is 14.3. The van der Waals surface area contributed by atoms with E-state index in [0.717, 1.165) is 41.0 Å². The molecular formula is C21H20N8. The average molecular weight is 384 g/mol. The first-order valence-corrected chi connectivity index (χ1v) is 9.39. The molecule has 0 fully saturated rings. The molecule has 29 heavy (non-hydrogen) atoms. The zero-order chi connectivity index (χ0) is 19.6. The second kappa shape index (κ2) is 7.16. The smallest absolute Gasteiger partial charge is 0.156 e. The fraction of sp³-hybridized carbons (Fsp3) is 0.0952. The van der Waals surface area contributed by atoms with Crippen LogP contribution in [-0.4, -0.2) is 31.9 Å². The normalized spacial score (nSPS) is 11.2. The van der Waals surface area contributed by atoms with E-state index in [4.69, 9.17) is 5.73 Å². The van der Waals surface area contributed by atoms with Gasteiger partial charge in [-0.25, -0.2) is 4.98 Å². The van der Waals surface area contributed by atoms with Crippen molar-refractivity contribution in [1.82, 2.24) is 25.4 Å². The van der Waals surface area contributed by atoms with E-state index in [0.29, 0.717) is 11.5 Å². The van der Waals surface area contributed by atoms with Crippen LogP contribution >= 0.6 is 0 Å². The van der Waals surface area contributed by atoms with Gasteiger partial charge in [0, 0.05) is 29.3 Å². The van der Waals surface area contributed by atoms with Crippen LogP contribution < -0.4 is 16.4 Å². The third-order valence-electron chi connectivity index (χ3n) is 4.88. The number of anilines is 4. The molecule has 0 aliphatic carbocycles. The van der Waals surface area contributed by atoms with Crippen LogP contribution in [0.4, 0.5) is 23.0 Å². The molecular weight excluding hydrogens is 364 g/mol. The number of H-pyrrole nitrogens is 2. The highest BCUT2D eigenvalue weighted by Crippen LogP contribution is 2.25. The standard InChI is InChI=1S/C21H20N8/c22-16-6-8-20(23-10-9-13-12-24-17-4-2-1-3-15(13)17)26-21(16)25-14-5-7-18-19(11-14)28-29-27-18/h1-8,11-12,24H,9-10,22H2,(H2,23,25,26)(H,27,28,29). The van der Waals surface area contributed by atoms with Crippen molar-refractivity contribution >= 4 is 44.9 Å². The third-order valence-corrected chi connectivity index (χ3v) is 4.88. The molecule has 2 aromatic carbocycles. The number of aromatic nitrogens is 5. The van der Waals surface area contributed by atoms with Crippen molar-refractivity contribution in [3.05, 3.63) is 66.4 Å². The van der Waals surface area contributed by atoms with Gasteiger partial charge in [0.15, 0.2) is 5.82 Å². The van der Waals surface area contributed by atoms with E-state index in [2.05, 4.69) is 60.4 Å². The second-order valence-corrected chi connectivity index (χ2v) is 6.82. The predicted octanol–water partition coefficient (Wildman–Crippen LogP) is 3.81. The fourth-order valence-electron chi connectivity index (χ4n) is 3.39. The Labute approximate surface area is 166 Å². The SMILES string of the molecule is Nc1ccc(NCCc2c[nH]c3ccccc23)nc1Nc1ccc2n[nH]nc2c1. The van der Waals surface area contributed by atoms with E-state index in [1.54, 1.807) is 0 Å². The highest BCUT2D eigenvalue weighted by Gasteiger charge is 2.07. The van der Waals surface area contributed by atoms with Crippen LogP contribution in [-0.2, 0) is 6.42 Å². The monoisotopic (exact) mass is 384 g/mol. The van der Waals surface area contributed by atoms with Crippen molar-refractivity contribution in [3.8, 4) is 0 Å². The maximum absolute atomic E-state index is 6.11. The number of hydrogen-bond acceptors (Lipinski definition) is 6. The number of nitrogens with one attached hydrogen (secondary N) is 4. The highest BCUT2D eigenvalue weighted by atomic mass is 15.3. The molecule has 8 heteroatoms. The molecule has 0 saturated carbocycles. The van der Waals surface area contributed by atoms with E-state index < -0.39 is 0 Å². The van der Waals surface area contributed by atoms with Gasteiger partial charge in [-0.15, -0.1) is 0 Å². The Morgan fingerprint density at radius 1 is 0.966 bits per heavy atom. The summed E-state index contributed by atoms with van der Waals surface area (Å²) in [5, 5.41) is 18.7. The van der Waals surface area contributed by atoms with Crippen molar-refractivity contribution in [2.24, 2.45) is 0 Å². The largest absolute Gasteiger partial charge is 0.396 e. The third kappa shape index (κ3) is 3.43. The van der Waals surface area contributed by atoms with Crippen LogP contribution in [0.2, 0.25) is 0 Å². The van der Waals surface area contributed by atoms with Crippen molar-refractivity contribution in [2.45, 2.75) is 6.42 Å². The summed E-state index contributed by atoms with van der Waals surface area (Å²) in [5.41, 5.74) is 11.6. The molecule has 0 unspecified atom stereocenters. The minimum atomic E-state index is 0.576. The Morgan fingerprint density at radius 3 is 2.83 bits per heavy atom. The summed E-state index contributed by atoms with van der Waals surface area (Å²) in [6.45, 7) is 0.767. The summed E-state index contributed by atoms with van der Waals surface area (Å²) in [4.78, 5) is 7.93. The summed E-state index contributed by atoms with van der Waals surface area (Å²) < 4.78 is 0. The van der Waals surface area contributed by atoms with E-state index in [9.17, 15) is 0 Å². The first-order valence-electron chi connectivity index (χ1n) is 9.39. The second-order valence-electron chi connectivity index (χ2n) is 6.82. The van der Waals surface area contributed by atoms with Crippen molar-refractivity contribution in [2.75, 3.05) is 22.9 Å². The molecule has 0 bridgehead atoms. The van der Waals surface area contributed by atoms with Gasteiger partial charge in [0.25, 0.3) is 0 Å². The van der Waals surface area contributed by atoms with Gasteiger partial charge in [0.05, 0.1) is 5.69 Å². The Hall–Kier alpha value is -4.07. The molecule has 5 aromatic rings. The molecule has 0 radical (unpaired) electrons. The average Bonchev–Trinajstić information content (AvgIpc) is 3.37. The van der Waals surface area contributed by atoms with Crippen LogP contribution in [0, 0.1) is 0 Å². The zero-order valence-corrected chi connectivity index (χ0v) is 15.6. The predicted molar refractivity (Wildman–Crippen MR) is 116 cm³/mol. The van der Waals surface area contributed by atoms with E-state index >= 15 is 0 Å². The number of rotatable bonds is 6. The van der Waals surface area contributed by atoms with Crippen LogP contribution in [0.1, 0.15) is 5.56 Å². The van der Waals surface area contributed by atoms with Crippen LogP contribution in [0.5, 0.6) is 0 Å². The zero-order valence-electron chi connectivity index (χ0n) is 15.6. The fourth-order valence-corrected chi connectivity index (χ4v) is 3.39. The van der Waals surface area contributed by atoms with Crippen molar-refractivity contribution in [3.63, 3.8) is 0 Å². The number of pyridine rings is 1. The lowest BCUT2D eigenvalue weighted by Gasteiger charge is -2.11. The van der Waals surface area contributed by atoms with E-state index in [1.165, 1.54) is 10.9 Å². The molecule has 0 aliphatic rings. The summed E-state index contributed by atoms with van der Waals surface area (Å²) >= 11 is 0. The minimum absolute atomic E-state index is 0.576. The maximum Gasteiger partial charge on any atom is 0.156 e. The summed E-state index contributed by atoms with van der Waals surface area (Å²) in [6, 6.07) is 17.8. The lowest BCUT2D eigenvalue weighted by Crippen LogP contribution is -2.08. The number of benzene rings is 2. The van der Waals surface area contributed by atoms with Crippen LogP contribution in [0.3, 0.4) is 0 Å². The van der Waals surface area contributed by atoms with E-state index in [-0.39, 0.29) is 0 Å². The molecule has 6 N–H and O–H groups in total. The van der Waals surface area contributed by atoms with Gasteiger partial charge in [-0.2, -0.15) is 15.4 Å². The number of nitrogens with two attached hydrogens (primary N) is 1. The molecule has 0 aliphatic heterocycles. The summed E-state index contributed by atoms with van der Waals surface area (Å²) in [5.74, 6) is 1.37. The van der Waals surface area contributed by atoms with Crippen molar-refractivity contribution < 1.29 is 0 Å². The summed E-state index contributed by atoms with van der Waals surface area (Å²) in [7, 11) is 0. The topological polar surface area (TPSA) is 120 Å². The molecule has 5 rings (SSSR count). The molecule has 0 amide bonds. The van der Waals surface area contributed by atoms with Gasteiger partial charge in [-0.05, 0) is 48.4 Å². The number of para-hydroxylation sites is 1. The van der Waals surface area contributed by atoms with Crippen LogP contribution in [0.15, 0.2) is 60.8 Å². The Kier molecular flexibility index (Phi) is 4.21. The quantitative estimate of drug-likeness (QED) is 0.304. The van der Waals surface area contributed by atoms with Gasteiger partial charge in [0.1, 0.15) is 16.9 Å². The number of hydrogen-bond donors (Lipinski definition) is 5. The molecule has 0 spiro atoms. The number of nitrogens with zero attached hydrogens (tertiary/aromatic N) is 3. The summed E-state index contributed by atoms with van der Waals surface area (Å²) in [6.07, 6.45) is 2.96. The number of aromatic amines is 2. The Balaban J connectivity index is 1.28. The Bertz CT molecular complexity index is 1290. The van der Waals surface area contributed by atoms with Gasteiger partial charge in [-0.1, -0.05) is 18.2 Å². The molecule has 3 heterocycles. The van der Waals surface area contributed by atoms with Gasteiger partial charge < -0.3 is 21.4 Å². The first kappa shape index (κ1) is 17.1. The van der Waals surface area contributed by atoms with Gasteiger partial charge in [-0.3, -0.25) is 0 Å². The molecule has 8 nitrogen and oxygen atoms in total. The minimum Gasteiger partial charge on any atom is -0.396 e. The Morgan fingerprint density at radius 2 is 1.86 bits per heavy atom. The molecule has 144 valence electrons. The highest BCUT2D eigenvalue weighted by molar-refractivity contribution is 5.83. The van der Waals surface area contributed by atoms with Crippen molar-refractivity contribution in [1.29, 1.82) is 0 Å². The molecule has 0 atom stereocenters. The lowest BCUT2D eigenvalue weighted by atomic mass is 10.1. The lowest BCUT2D eigenvalue weighted by molar-refractivity contribution is 0.959. The molecule has 0 saturated heterocycles. The van der Waals surface area contributed by atoms with Gasteiger partial charge in [0.2, 0.25) is 0 Å². The number of nitrogen functional groups attached to an aromatic ring is 1.